The fraction of sp³-hybridized carbons (Fsp3) is 0.353. The van der Waals surface area contributed by atoms with Crippen molar-refractivity contribution in [3.05, 3.63) is 106 Å². The SMILES string of the molecule is CC(C)c1cc(CCC(=O)c2ccc[nH]2)cc(C(C)C)c1O.Cc1cc(CCC(=O)c2ccc[nH]2)cc(C)c1O. The number of ketones is 2. The Balaban J connectivity index is 0.000000225. The van der Waals surface area contributed by atoms with Gasteiger partial charge in [0.05, 0.1) is 11.4 Å². The van der Waals surface area contributed by atoms with Crippen molar-refractivity contribution < 1.29 is 19.8 Å². The normalized spacial score (nSPS) is 11.0. The van der Waals surface area contributed by atoms with Gasteiger partial charge in [0, 0.05) is 25.2 Å². The average molecular weight is 543 g/mol. The molecule has 0 radical (unpaired) electrons. The molecule has 0 spiro atoms. The summed E-state index contributed by atoms with van der Waals surface area (Å²) in [4.78, 5) is 29.8. The summed E-state index contributed by atoms with van der Waals surface area (Å²) in [6.07, 6.45) is 5.85. The fourth-order valence-corrected chi connectivity index (χ4v) is 4.75. The van der Waals surface area contributed by atoms with E-state index in [0.29, 0.717) is 48.6 Å². The standard InChI is InChI=1S/C19H25NO2.C15H17NO2/c1-12(2)15-10-14(11-16(13(3)4)19(15)22)7-8-18(21)17-6-5-9-20-17;1-10-8-12(9-11(2)15(10)18)5-6-14(17)13-4-3-7-16-13/h5-6,9-13,20,22H,7-8H2,1-4H3;3-4,7-9,16,18H,5-6H2,1-2H3. The number of rotatable bonds is 10. The minimum Gasteiger partial charge on any atom is -0.507 e. The van der Waals surface area contributed by atoms with E-state index in [-0.39, 0.29) is 23.4 Å². The third-order valence-electron chi connectivity index (χ3n) is 7.10. The molecule has 40 heavy (non-hydrogen) atoms. The Labute approximate surface area is 237 Å². The molecule has 0 bridgehead atoms. The van der Waals surface area contributed by atoms with Crippen molar-refractivity contribution in [3.8, 4) is 11.5 Å². The molecule has 6 nitrogen and oxygen atoms in total. The topological polar surface area (TPSA) is 106 Å². The second-order valence-electron chi connectivity index (χ2n) is 11.0. The first kappa shape index (κ1) is 30.5. The molecule has 0 unspecified atom stereocenters. The largest absolute Gasteiger partial charge is 0.507 e. The van der Waals surface area contributed by atoms with Gasteiger partial charge in [0.25, 0.3) is 0 Å². The van der Waals surface area contributed by atoms with Gasteiger partial charge in [-0.3, -0.25) is 9.59 Å². The summed E-state index contributed by atoms with van der Waals surface area (Å²) in [6.45, 7) is 12.1. The molecular formula is C34H42N2O4. The molecule has 0 aliphatic carbocycles. The van der Waals surface area contributed by atoms with Crippen LogP contribution in [-0.4, -0.2) is 31.7 Å². The molecular weight excluding hydrogens is 500 g/mol. The van der Waals surface area contributed by atoms with Crippen LogP contribution in [0.25, 0.3) is 0 Å². The van der Waals surface area contributed by atoms with Gasteiger partial charge in [0.15, 0.2) is 11.6 Å². The minimum atomic E-state index is 0.114. The van der Waals surface area contributed by atoms with Crippen molar-refractivity contribution in [3.63, 3.8) is 0 Å². The number of hydrogen-bond donors (Lipinski definition) is 4. The summed E-state index contributed by atoms with van der Waals surface area (Å²) in [5.74, 6) is 1.51. The molecule has 0 saturated carbocycles. The van der Waals surface area contributed by atoms with Crippen LogP contribution in [0.15, 0.2) is 60.9 Å². The Morgan fingerprint density at radius 1 is 0.675 bits per heavy atom. The quantitative estimate of drug-likeness (QED) is 0.153. The third-order valence-corrected chi connectivity index (χ3v) is 7.10. The molecule has 0 atom stereocenters. The van der Waals surface area contributed by atoms with Crippen molar-refractivity contribution in [1.82, 2.24) is 9.97 Å². The van der Waals surface area contributed by atoms with Crippen LogP contribution in [-0.2, 0) is 12.8 Å². The van der Waals surface area contributed by atoms with Gasteiger partial charge in [-0.15, -0.1) is 0 Å². The number of phenolic OH excluding ortho intramolecular Hbond substituents is 2. The number of Topliss-reactive ketones (excluding diaryl/α,β-unsaturated/α-hetero) is 2. The number of hydrogen-bond acceptors (Lipinski definition) is 4. The van der Waals surface area contributed by atoms with E-state index < -0.39 is 0 Å². The molecule has 0 saturated heterocycles. The van der Waals surface area contributed by atoms with E-state index in [4.69, 9.17) is 0 Å². The lowest BCUT2D eigenvalue weighted by Crippen LogP contribution is -2.03. The van der Waals surface area contributed by atoms with Crippen molar-refractivity contribution in [2.45, 2.75) is 79.1 Å². The molecule has 2 aromatic carbocycles. The number of carbonyl (C=O) groups excluding carboxylic acids is 2. The van der Waals surface area contributed by atoms with Crippen molar-refractivity contribution in [2.24, 2.45) is 0 Å². The number of benzene rings is 2. The van der Waals surface area contributed by atoms with Gasteiger partial charge in [0.1, 0.15) is 11.5 Å². The highest BCUT2D eigenvalue weighted by Gasteiger charge is 2.16. The summed E-state index contributed by atoms with van der Waals surface area (Å²) < 4.78 is 0. The van der Waals surface area contributed by atoms with E-state index >= 15 is 0 Å². The van der Waals surface area contributed by atoms with Crippen LogP contribution in [0.3, 0.4) is 0 Å². The molecule has 0 fully saturated rings. The maximum atomic E-state index is 12.1. The van der Waals surface area contributed by atoms with E-state index in [1.54, 1.807) is 24.5 Å². The zero-order chi connectivity index (χ0) is 29.4. The summed E-state index contributed by atoms with van der Waals surface area (Å²) in [6, 6.07) is 15.2. The molecule has 4 N–H and O–H groups in total. The second kappa shape index (κ2) is 13.8. The number of H-pyrrole nitrogens is 2. The number of aromatic amines is 2. The van der Waals surface area contributed by atoms with Crippen molar-refractivity contribution >= 4 is 11.6 Å². The first-order valence-corrected chi connectivity index (χ1v) is 14.0. The fourth-order valence-electron chi connectivity index (χ4n) is 4.75. The summed E-state index contributed by atoms with van der Waals surface area (Å²) in [5, 5.41) is 20.1. The Kier molecular flexibility index (Phi) is 10.5. The lowest BCUT2D eigenvalue weighted by atomic mass is 9.90. The molecule has 0 aliphatic rings. The molecule has 6 heteroatoms. The van der Waals surface area contributed by atoms with Crippen LogP contribution in [0.4, 0.5) is 0 Å². The third kappa shape index (κ3) is 7.98. The number of nitrogens with one attached hydrogen (secondary N) is 2. The zero-order valence-corrected chi connectivity index (χ0v) is 24.5. The maximum Gasteiger partial charge on any atom is 0.179 e. The van der Waals surface area contributed by atoms with Crippen LogP contribution < -0.4 is 0 Å². The Morgan fingerprint density at radius 3 is 1.43 bits per heavy atom. The van der Waals surface area contributed by atoms with E-state index in [1.165, 1.54) is 0 Å². The Morgan fingerprint density at radius 2 is 1.07 bits per heavy atom. The number of aromatic hydroxyl groups is 2. The van der Waals surface area contributed by atoms with Crippen molar-refractivity contribution in [2.75, 3.05) is 0 Å². The zero-order valence-electron chi connectivity index (χ0n) is 24.5. The molecule has 4 aromatic rings. The van der Waals surface area contributed by atoms with Crippen LogP contribution in [0, 0.1) is 13.8 Å². The van der Waals surface area contributed by atoms with Gasteiger partial charge in [-0.05, 0) is 96.2 Å². The van der Waals surface area contributed by atoms with E-state index in [0.717, 1.165) is 33.4 Å². The van der Waals surface area contributed by atoms with Gasteiger partial charge in [-0.1, -0.05) is 52.0 Å². The van der Waals surface area contributed by atoms with Gasteiger partial charge in [0.2, 0.25) is 0 Å². The predicted molar refractivity (Wildman–Crippen MR) is 161 cm³/mol. The smallest absolute Gasteiger partial charge is 0.179 e. The number of carbonyl (C=O) groups is 2. The maximum absolute atomic E-state index is 12.1. The first-order valence-electron chi connectivity index (χ1n) is 14.0. The van der Waals surface area contributed by atoms with E-state index in [9.17, 15) is 19.8 Å². The highest BCUT2D eigenvalue weighted by Crippen LogP contribution is 2.35. The lowest BCUT2D eigenvalue weighted by Gasteiger charge is -2.17. The van der Waals surface area contributed by atoms with Gasteiger partial charge < -0.3 is 20.2 Å². The number of phenols is 2. The molecule has 0 aliphatic heterocycles. The van der Waals surface area contributed by atoms with Gasteiger partial charge >= 0.3 is 0 Å². The van der Waals surface area contributed by atoms with Gasteiger partial charge in [-0.2, -0.15) is 0 Å². The molecule has 0 amide bonds. The first-order chi connectivity index (χ1) is 19.0. The van der Waals surface area contributed by atoms with Crippen LogP contribution in [0.1, 0.15) is 107 Å². The number of aromatic nitrogens is 2. The molecule has 2 heterocycles. The Hall–Kier alpha value is -4.06. The second-order valence-corrected chi connectivity index (χ2v) is 11.0. The summed E-state index contributed by atoms with van der Waals surface area (Å²) in [7, 11) is 0. The van der Waals surface area contributed by atoms with E-state index in [1.807, 2.05) is 50.2 Å². The lowest BCUT2D eigenvalue weighted by molar-refractivity contribution is 0.0971. The van der Waals surface area contributed by atoms with E-state index in [2.05, 4.69) is 37.7 Å². The monoisotopic (exact) mass is 542 g/mol. The molecule has 212 valence electrons. The van der Waals surface area contributed by atoms with Gasteiger partial charge in [-0.25, -0.2) is 0 Å². The molecule has 4 rings (SSSR count). The van der Waals surface area contributed by atoms with Crippen LogP contribution in [0.5, 0.6) is 11.5 Å². The minimum absolute atomic E-state index is 0.114. The average Bonchev–Trinajstić information content (AvgIpc) is 3.64. The highest BCUT2D eigenvalue weighted by atomic mass is 16.3. The molecule has 2 aromatic heterocycles. The summed E-state index contributed by atoms with van der Waals surface area (Å²) in [5.41, 5.74) is 7.17. The van der Waals surface area contributed by atoms with Crippen molar-refractivity contribution in [1.29, 1.82) is 0 Å². The number of aryl methyl sites for hydroxylation is 4. The summed E-state index contributed by atoms with van der Waals surface area (Å²) >= 11 is 0. The highest BCUT2D eigenvalue weighted by molar-refractivity contribution is 5.94. The predicted octanol–water partition coefficient (Wildman–Crippen LogP) is 7.94. The van der Waals surface area contributed by atoms with Crippen LogP contribution in [0.2, 0.25) is 0 Å². The Bertz CT molecular complexity index is 1360. The van der Waals surface area contributed by atoms with Crippen LogP contribution >= 0.6 is 0 Å².